The molecule has 1 aromatic heterocycles. The number of nitro groups is 1. The SMILES string of the molecule is O=C(O)CC1C(=O)NCCN1c1cc([N+](=O)[O-])ccn1. The summed E-state index contributed by atoms with van der Waals surface area (Å²) in [5, 5.41) is 22.2. The highest BCUT2D eigenvalue weighted by Gasteiger charge is 2.33. The Bertz CT molecular complexity index is 561. The van der Waals surface area contributed by atoms with Gasteiger partial charge in [-0.15, -0.1) is 0 Å². The minimum absolute atomic E-state index is 0.157. The molecule has 0 bridgehead atoms. The van der Waals surface area contributed by atoms with Gasteiger partial charge in [-0.3, -0.25) is 19.7 Å². The molecule has 2 N–H and O–H groups in total. The first-order chi connectivity index (χ1) is 9.49. The molecule has 1 aliphatic rings. The summed E-state index contributed by atoms with van der Waals surface area (Å²) in [5.74, 6) is -1.32. The molecule has 1 aliphatic heterocycles. The van der Waals surface area contributed by atoms with E-state index >= 15 is 0 Å². The third-order valence-electron chi connectivity index (χ3n) is 2.93. The molecular formula is C11H12N4O5. The van der Waals surface area contributed by atoms with Crippen LogP contribution in [0.5, 0.6) is 0 Å². The molecule has 1 fully saturated rings. The van der Waals surface area contributed by atoms with E-state index in [1.54, 1.807) is 0 Å². The first-order valence-electron chi connectivity index (χ1n) is 5.85. The maximum absolute atomic E-state index is 11.8. The van der Waals surface area contributed by atoms with Gasteiger partial charge < -0.3 is 15.3 Å². The van der Waals surface area contributed by atoms with Crippen molar-refractivity contribution in [2.24, 2.45) is 0 Å². The summed E-state index contributed by atoms with van der Waals surface area (Å²) in [6, 6.07) is 1.54. The molecule has 1 unspecified atom stereocenters. The molecular weight excluding hydrogens is 268 g/mol. The van der Waals surface area contributed by atoms with Crippen molar-refractivity contribution in [3.05, 3.63) is 28.4 Å². The van der Waals surface area contributed by atoms with Crippen molar-refractivity contribution >= 4 is 23.4 Å². The summed E-state index contributed by atoms with van der Waals surface area (Å²) in [6.07, 6.45) is 0.869. The number of nitrogens with zero attached hydrogens (tertiary/aromatic N) is 3. The van der Waals surface area contributed by atoms with Gasteiger partial charge in [0.1, 0.15) is 11.9 Å². The zero-order valence-electron chi connectivity index (χ0n) is 10.4. The van der Waals surface area contributed by atoms with Gasteiger partial charge in [-0.25, -0.2) is 4.98 Å². The van der Waals surface area contributed by atoms with Crippen LogP contribution in [0.15, 0.2) is 18.3 Å². The van der Waals surface area contributed by atoms with Crippen LogP contribution in [0, 0.1) is 10.1 Å². The van der Waals surface area contributed by atoms with Gasteiger partial charge >= 0.3 is 5.97 Å². The number of hydrogen-bond donors (Lipinski definition) is 2. The first kappa shape index (κ1) is 13.7. The van der Waals surface area contributed by atoms with E-state index in [0.717, 1.165) is 0 Å². The molecule has 2 rings (SSSR count). The van der Waals surface area contributed by atoms with Gasteiger partial charge in [-0.2, -0.15) is 0 Å². The number of carboxylic acid groups (broad SMARTS) is 1. The molecule has 2 heterocycles. The van der Waals surface area contributed by atoms with Crippen LogP contribution < -0.4 is 10.2 Å². The van der Waals surface area contributed by atoms with Crippen molar-refractivity contribution in [1.29, 1.82) is 0 Å². The number of carbonyl (C=O) groups excluding carboxylic acids is 1. The van der Waals surface area contributed by atoms with Crippen LogP contribution in [0.4, 0.5) is 11.5 Å². The lowest BCUT2D eigenvalue weighted by molar-refractivity contribution is -0.384. The number of amides is 1. The summed E-state index contributed by atoms with van der Waals surface area (Å²) in [7, 11) is 0. The Morgan fingerprint density at radius 2 is 2.40 bits per heavy atom. The number of anilines is 1. The lowest BCUT2D eigenvalue weighted by atomic mass is 10.1. The highest BCUT2D eigenvalue weighted by Crippen LogP contribution is 2.22. The van der Waals surface area contributed by atoms with Crippen molar-refractivity contribution < 1.29 is 19.6 Å². The standard InChI is InChI=1S/C11H12N4O5/c16-10(17)6-8-11(18)13-3-4-14(8)9-5-7(15(19)20)1-2-12-9/h1-2,5,8H,3-4,6H2,(H,13,18)(H,16,17). The minimum atomic E-state index is -1.12. The number of carbonyl (C=O) groups is 2. The second kappa shape index (κ2) is 5.51. The van der Waals surface area contributed by atoms with Crippen molar-refractivity contribution in [3.8, 4) is 0 Å². The molecule has 9 nitrogen and oxygen atoms in total. The Morgan fingerprint density at radius 1 is 1.65 bits per heavy atom. The topological polar surface area (TPSA) is 126 Å². The average Bonchev–Trinajstić information content (AvgIpc) is 2.41. The van der Waals surface area contributed by atoms with E-state index < -0.39 is 29.3 Å². The molecule has 1 saturated heterocycles. The van der Waals surface area contributed by atoms with Gasteiger partial charge in [0.2, 0.25) is 5.91 Å². The van der Waals surface area contributed by atoms with E-state index in [9.17, 15) is 19.7 Å². The largest absolute Gasteiger partial charge is 0.481 e. The predicted molar refractivity (Wildman–Crippen MR) is 67.3 cm³/mol. The second-order valence-corrected chi connectivity index (χ2v) is 4.23. The summed E-state index contributed by atoms with van der Waals surface area (Å²) in [5.41, 5.74) is -0.157. The molecule has 1 aromatic rings. The zero-order chi connectivity index (χ0) is 14.7. The molecule has 1 amide bonds. The smallest absolute Gasteiger partial charge is 0.305 e. The van der Waals surface area contributed by atoms with Gasteiger partial charge in [0.05, 0.1) is 17.4 Å². The van der Waals surface area contributed by atoms with Crippen LogP contribution in [-0.2, 0) is 9.59 Å². The monoisotopic (exact) mass is 280 g/mol. The van der Waals surface area contributed by atoms with E-state index in [4.69, 9.17) is 5.11 Å². The van der Waals surface area contributed by atoms with Crippen LogP contribution in [0.3, 0.4) is 0 Å². The van der Waals surface area contributed by atoms with Crippen LogP contribution in [0.2, 0.25) is 0 Å². The van der Waals surface area contributed by atoms with E-state index in [1.807, 2.05) is 0 Å². The fourth-order valence-corrected chi connectivity index (χ4v) is 2.04. The van der Waals surface area contributed by atoms with Crippen molar-refractivity contribution in [3.63, 3.8) is 0 Å². The molecule has 106 valence electrons. The van der Waals surface area contributed by atoms with Crippen molar-refractivity contribution in [1.82, 2.24) is 10.3 Å². The Hall–Kier alpha value is -2.71. The number of aliphatic carboxylic acids is 1. The number of rotatable bonds is 4. The van der Waals surface area contributed by atoms with Gasteiger partial charge in [0, 0.05) is 25.4 Å². The maximum Gasteiger partial charge on any atom is 0.305 e. The molecule has 0 saturated carbocycles. The van der Waals surface area contributed by atoms with Crippen LogP contribution >= 0.6 is 0 Å². The number of carboxylic acids is 1. The average molecular weight is 280 g/mol. The van der Waals surface area contributed by atoms with Gasteiger partial charge in [-0.05, 0) is 0 Å². The van der Waals surface area contributed by atoms with Gasteiger partial charge in [0.15, 0.2) is 0 Å². The fraction of sp³-hybridized carbons (Fsp3) is 0.364. The lowest BCUT2D eigenvalue weighted by Crippen LogP contribution is -2.56. The summed E-state index contributed by atoms with van der Waals surface area (Å²) < 4.78 is 0. The van der Waals surface area contributed by atoms with Crippen molar-refractivity contribution in [2.45, 2.75) is 12.5 Å². The van der Waals surface area contributed by atoms with E-state index in [-0.39, 0.29) is 11.5 Å². The van der Waals surface area contributed by atoms with Crippen LogP contribution in [0.1, 0.15) is 6.42 Å². The van der Waals surface area contributed by atoms with E-state index in [1.165, 1.54) is 23.2 Å². The Morgan fingerprint density at radius 3 is 3.05 bits per heavy atom. The second-order valence-electron chi connectivity index (χ2n) is 4.23. The Kier molecular flexibility index (Phi) is 3.78. The molecule has 0 aliphatic carbocycles. The minimum Gasteiger partial charge on any atom is -0.481 e. The molecule has 0 radical (unpaired) electrons. The number of hydrogen-bond acceptors (Lipinski definition) is 6. The quantitative estimate of drug-likeness (QED) is 0.576. The fourth-order valence-electron chi connectivity index (χ4n) is 2.04. The van der Waals surface area contributed by atoms with Crippen LogP contribution in [0.25, 0.3) is 0 Å². The van der Waals surface area contributed by atoms with Gasteiger partial charge in [-0.1, -0.05) is 0 Å². The zero-order valence-corrected chi connectivity index (χ0v) is 10.4. The summed E-state index contributed by atoms with van der Waals surface area (Å²) in [4.78, 5) is 38.2. The third-order valence-corrected chi connectivity index (χ3v) is 2.93. The summed E-state index contributed by atoms with van der Waals surface area (Å²) in [6.45, 7) is 0.678. The van der Waals surface area contributed by atoms with E-state index in [2.05, 4.69) is 10.3 Å². The first-order valence-corrected chi connectivity index (χ1v) is 5.85. The van der Waals surface area contributed by atoms with Crippen molar-refractivity contribution in [2.75, 3.05) is 18.0 Å². The molecule has 9 heteroatoms. The Balaban J connectivity index is 2.32. The molecule has 1 atom stereocenters. The number of aromatic nitrogens is 1. The predicted octanol–water partition coefficient (Wildman–Crippen LogP) is -0.231. The third kappa shape index (κ3) is 2.82. The molecule has 20 heavy (non-hydrogen) atoms. The molecule has 0 spiro atoms. The van der Waals surface area contributed by atoms with Crippen LogP contribution in [-0.4, -0.2) is 46.0 Å². The highest BCUT2D eigenvalue weighted by molar-refractivity contribution is 5.90. The summed E-state index contributed by atoms with van der Waals surface area (Å²) >= 11 is 0. The normalized spacial score (nSPS) is 18.5. The number of nitrogens with one attached hydrogen (secondary N) is 1. The Labute approximate surface area is 113 Å². The highest BCUT2D eigenvalue weighted by atomic mass is 16.6. The maximum atomic E-state index is 11.8. The van der Waals surface area contributed by atoms with E-state index in [0.29, 0.717) is 13.1 Å². The number of pyridine rings is 1. The molecule has 0 aromatic carbocycles. The number of piperazine rings is 1. The lowest BCUT2D eigenvalue weighted by Gasteiger charge is -2.34. The van der Waals surface area contributed by atoms with Gasteiger partial charge in [0.25, 0.3) is 5.69 Å².